The Hall–Kier alpha value is -2.50. The molecule has 2 aromatic rings. The third kappa shape index (κ3) is 4.01. The van der Waals surface area contributed by atoms with E-state index in [1.54, 1.807) is 0 Å². The van der Waals surface area contributed by atoms with Gasteiger partial charge in [0.2, 0.25) is 5.91 Å². The monoisotopic (exact) mass is 378 g/mol. The van der Waals surface area contributed by atoms with Gasteiger partial charge in [0, 0.05) is 31.1 Å². The van der Waals surface area contributed by atoms with Crippen LogP contribution in [0.15, 0.2) is 65.7 Å². The number of hydrogen-bond donors (Lipinski definition) is 1. The van der Waals surface area contributed by atoms with E-state index < -0.39 is 0 Å². The van der Waals surface area contributed by atoms with E-state index in [-0.39, 0.29) is 36.3 Å². The van der Waals surface area contributed by atoms with Gasteiger partial charge in [-0.1, -0.05) is 60.7 Å². The molecule has 1 N–H and O–H groups in total. The smallest absolute Gasteiger partial charge is 0.227 e. The normalized spacial score (nSPS) is 25.6. The van der Waals surface area contributed by atoms with Crippen molar-refractivity contribution in [2.75, 3.05) is 32.9 Å². The maximum Gasteiger partial charge on any atom is 0.227 e. The topological polar surface area (TPSA) is 62.1 Å². The summed E-state index contributed by atoms with van der Waals surface area (Å²) in [5.41, 5.74) is 2.15. The van der Waals surface area contributed by atoms with Crippen molar-refractivity contribution >= 4 is 12.1 Å². The third-order valence-electron chi connectivity index (χ3n) is 5.66. The van der Waals surface area contributed by atoms with Crippen LogP contribution < -0.4 is 0 Å². The van der Waals surface area contributed by atoms with Gasteiger partial charge >= 0.3 is 0 Å². The summed E-state index contributed by atoms with van der Waals surface area (Å²) in [6.45, 7) is 2.47. The van der Waals surface area contributed by atoms with E-state index in [0.29, 0.717) is 26.3 Å². The Morgan fingerprint density at radius 1 is 1.11 bits per heavy atom. The lowest BCUT2D eigenvalue weighted by Gasteiger charge is -2.27. The minimum Gasteiger partial charge on any atom is -0.394 e. The second-order valence-corrected chi connectivity index (χ2v) is 7.38. The van der Waals surface area contributed by atoms with Crippen molar-refractivity contribution in [3.8, 4) is 0 Å². The molecule has 0 unspecified atom stereocenters. The van der Waals surface area contributed by atoms with Crippen molar-refractivity contribution in [1.82, 2.24) is 4.90 Å². The molecule has 0 aromatic heterocycles. The Kier molecular flexibility index (Phi) is 5.84. The Balaban J connectivity index is 1.53. The lowest BCUT2D eigenvalue weighted by atomic mass is 10.1. The van der Waals surface area contributed by atoms with Crippen LogP contribution in [0.3, 0.4) is 0 Å². The molecule has 146 valence electrons. The van der Waals surface area contributed by atoms with Crippen LogP contribution in [0.5, 0.6) is 0 Å². The Morgan fingerprint density at radius 2 is 1.75 bits per heavy atom. The van der Waals surface area contributed by atoms with E-state index >= 15 is 0 Å². The quantitative estimate of drug-likeness (QED) is 0.786. The van der Waals surface area contributed by atoms with Gasteiger partial charge in [-0.15, -0.1) is 0 Å². The van der Waals surface area contributed by atoms with Crippen LogP contribution in [0.25, 0.3) is 0 Å². The molecule has 1 amide bonds. The largest absolute Gasteiger partial charge is 0.394 e. The zero-order chi connectivity index (χ0) is 19.3. The fourth-order valence-corrected chi connectivity index (χ4v) is 4.05. The molecule has 4 rings (SSSR count). The van der Waals surface area contributed by atoms with Gasteiger partial charge in [-0.25, -0.2) is 0 Å². The van der Waals surface area contributed by atoms with Gasteiger partial charge in [0.1, 0.15) is 0 Å². The maximum absolute atomic E-state index is 13.1. The Labute approximate surface area is 165 Å². The molecule has 1 saturated heterocycles. The number of ether oxygens (including phenoxy) is 1. The van der Waals surface area contributed by atoms with Crippen LogP contribution in [-0.2, 0) is 9.53 Å². The minimum absolute atomic E-state index is 0.0503. The number of hydrogen-bond acceptors (Lipinski definition) is 4. The number of amides is 1. The zero-order valence-electron chi connectivity index (χ0n) is 15.9. The number of morpholine rings is 1. The van der Waals surface area contributed by atoms with Crippen molar-refractivity contribution in [3.63, 3.8) is 0 Å². The van der Waals surface area contributed by atoms with Crippen molar-refractivity contribution in [3.05, 3.63) is 71.8 Å². The molecule has 0 radical (unpaired) electrons. The van der Waals surface area contributed by atoms with Crippen LogP contribution in [0.4, 0.5) is 0 Å². The fourth-order valence-electron chi connectivity index (χ4n) is 4.05. The number of nitrogens with zero attached hydrogens (tertiary/aromatic N) is 2. The lowest BCUT2D eigenvalue weighted by Crippen LogP contribution is -2.42. The average Bonchev–Trinajstić information content (AvgIpc) is 3.50. The van der Waals surface area contributed by atoms with Crippen molar-refractivity contribution < 1.29 is 14.6 Å². The summed E-state index contributed by atoms with van der Waals surface area (Å²) < 4.78 is 5.38. The summed E-state index contributed by atoms with van der Waals surface area (Å²) in [4.78, 5) is 19.7. The molecule has 2 aliphatic rings. The molecule has 28 heavy (non-hydrogen) atoms. The van der Waals surface area contributed by atoms with Gasteiger partial charge in [0.15, 0.2) is 0 Å². The summed E-state index contributed by atoms with van der Waals surface area (Å²) in [6, 6.07) is 19.7. The highest BCUT2D eigenvalue weighted by molar-refractivity contribution is 5.90. The predicted molar refractivity (Wildman–Crippen MR) is 108 cm³/mol. The molecule has 1 aliphatic carbocycles. The molecule has 0 spiro atoms. The predicted octanol–water partition coefficient (Wildman–Crippen LogP) is 2.68. The SMILES string of the molecule is O=C([C@@H]1[C@H](C=N[C@H](CO)c2ccccc2)[C@H]1c1ccccc1)N1CCOCC1. The first-order chi connectivity index (χ1) is 13.8. The molecule has 1 heterocycles. The fraction of sp³-hybridized carbons (Fsp3) is 0.391. The van der Waals surface area contributed by atoms with Crippen LogP contribution in [0.1, 0.15) is 23.1 Å². The van der Waals surface area contributed by atoms with Crippen LogP contribution in [0, 0.1) is 11.8 Å². The number of carbonyl (C=O) groups is 1. The number of aliphatic imine (C=N–C) groups is 1. The molecular formula is C23H26N2O3. The molecule has 5 nitrogen and oxygen atoms in total. The summed E-state index contributed by atoms with van der Waals surface area (Å²) in [7, 11) is 0. The summed E-state index contributed by atoms with van der Waals surface area (Å²) >= 11 is 0. The first-order valence-electron chi connectivity index (χ1n) is 9.90. The van der Waals surface area contributed by atoms with Crippen molar-refractivity contribution in [2.24, 2.45) is 16.8 Å². The van der Waals surface area contributed by atoms with E-state index in [0.717, 1.165) is 5.56 Å². The van der Waals surface area contributed by atoms with E-state index in [1.165, 1.54) is 5.56 Å². The Bertz CT molecular complexity index is 803. The molecule has 1 saturated carbocycles. The first-order valence-corrected chi connectivity index (χ1v) is 9.90. The number of carbonyl (C=O) groups excluding carboxylic acids is 1. The summed E-state index contributed by atoms with van der Waals surface area (Å²) in [5, 5.41) is 9.77. The van der Waals surface area contributed by atoms with Gasteiger partial charge in [-0.2, -0.15) is 0 Å². The molecule has 5 heteroatoms. The van der Waals surface area contributed by atoms with Crippen LogP contribution >= 0.6 is 0 Å². The van der Waals surface area contributed by atoms with Gasteiger partial charge in [0.05, 0.1) is 31.8 Å². The molecule has 2 fully saturated rings. The number of rotatable bonds is 6. The van der Waals surface area contributed by atoms with Crippen LogP contribution in [0.2, 0.25) is 0 Å². The molecule has 0 bridgehead atoms. The Morgan fingerprint density at radius 3 is 2.39 bits per heavy atom. The summed E-state index contributed by atoms with van der Waals surface area (Å²) in [5.74, 6) is 0.319. The number of aliphatic hydroxyl groups is 1. The van der Waals surface area contributed by atoms with Crippen LogP contribution in [-0.4, -0.2) is 55.0 Å². The summed E-state index contributed by atoms with van der Waals surface area (Å²) in [6.07, 6.45) is 1.90. The van der Waals surface area contributed by atoms with E-state index in [4.69, 9.17) is 4.74 Å². The van der Waals surface area contributed by atoms with E-state index in [9.17, 15) is 9.90 Å². The highest BCUT2D eigenvalue weighted by Crippen LogP contribution is 2.54. The molecule has 4 atom stereocenters. The number of benzene rings is 2. The van der Waals surface area contributed by atoms with Crippen molar-refractivity contribution in [1.29, 1.82) is 0 Å². The molecular weight excluding hydrogens is 352 g/mol. The van der Waals surface area contributed by atoms with Gasteiger partial charge in [-0.3, -0.25) is 9.79 Å². The lowest BCUT2D eigenvalue weighted by molar-refractivity contribution is -0.136. The molecule has 1 aliphatic heterocycles. The van der Waals surface area contributed by atoms with Crippen molar-refractivity contribution in [2.45, 2.75) is 12.0 Å². The second-order valence-electron chi connectivity index (χ2n) is 7.38. The highest BCUT2D eigenvalue weighted by atomic mass is 16.5. The average molecular weight is 378 g/mol. The third-order valence-corrected chi connectivity index (χ3v) is 5.66. The van der Waals surface area contributed by atoms with E-state index in [2.05, 4.69) is 17.1 Å². The first kappa shape index (κ1) is 18.8. The van der Waals surface area contributed by atoms with E-state index in [1.807, 2.05) is 59.6 Å². The number of aliphatic hydroxyl groups excluding tert-OH is 1. The molecule has 2 aromatic carbocycles. The zero-order valence-corrected chi connectivity index (χ0v) is 15.9. The second kappa shape index (κ2) is 8.67. The minimum atomic E-state index is -0.294. The highest BCUT2D eigenvalue weighted by Gasteiger charge is 2.55. The van der Waals surface area contributed by atoms with Gasteiger partial charge in [0.25, 0.3) is 0 Å². The maximum atomic E-state index is 13.1. The standard InChI is InChI=1S/C23H26N2O3/c26-16-20(17-7-3-1-4-8-17)24-15-19-21(18-9-5-2-6-10-18)22(19)23(27)25-11-13-28-14-12-25/h1-10,15,19-22,26H,11-14,16H2/t19-,20-,21-,22-/m1/s1. The van der Waals surface area contributed by atoms with Gasteiger partial charge < -0.3 is 14.7 Å². The van der Waals surface area contributed by atoms with Gasteiger partial charge in [-0.05, 0) is 11.1 Å².